The summed E-state index contributed by atoms with van der Waals surface area (Å²) in [6.45, 7) is 2.02. The first-order valence-electron chi connectivity index (χ1n) is 5.82. The standard InChI is InChI=1S/C13H18N2O3/c1-10(16)9-11-4-6-12(7-5-11)18-8-2-3-13(17)15-14/h4-7H,2-3,8-9,14H2,1H3,(H,15,17). The highest BCUT2D eigenvalue weighted by atomic mass is 16.5. The number of nitrogens with two attached hydrogens (primary N) is 1. The molecule has 0 heterocycles. The van der Waals surface area contributed by atoms with Gasteiger partial charge in [0.1, 0.15) is 11.5 Å². The predicted octanol–water partition coefficient (Wildman–Crippen LogP) is 0.967. The van der Waals surface area contributed by atoms with Gasteiger partial charge in [-0.2, -0.15) is 0 Å². The SMILES string of the molecule is CC(=O)Cc1ccc(OCCCC(=O)NN)cc1. The zero-order valence-electron chi connectivity index (χ0n) is 10.4. The third-order valence-corrected chi connectivity index (χ3v) is 2.35. The summed E-state index contributed by atoms with van der Waals surface area (Å²) in [5, 5.41) is 0. The van der Waals surface area contributed by atoms with Crippen molar-refractivity contribution in [1.82, 2.24) is 5.43 Å². The molecule has 0 aliphatic carbocycles. The van der Waals surface area contributed by atoms with Gasteiger partial charge in [-0.05, 0) is 31.0 Å². The van der Waals surface area contributed by atoms with Crippen LogP contribution in [0.2, 0.25) is 0 Å². The Morgan fingerprint density at radius 1 is 1.28 bits per heavy atom. The molecular weight excluding hydrogens is 232 g/mol. The molecule has 1 aromatic carbocycles. The van der Waals surface area contributed by atoms with Crippen LogP contribution < -0.4 is 16.0 Å². The van der Waals surface area contributed by atoms with Crippen molar-refractivity contribution in [2.24, 2.45) is 5.84 Å². The molecule has 98 valence electrons. The molecule has 0 aliphatic rings. The predicted molar refractivity (Wildman–Crippen MR) is 67.9 cm³/mol. The third kappa shape index (κ3) is 5.45. The van der Waals surface area contributed by atoms with Gasteiger partial charge in [0.15, 0.2) is 0 Å². The zero-order chi connectivity index (χ0) is 13.4. The van der Waals surface area contributed by atoms with E-state index in [1.807, 2.05) is 24.3 Å². The largest absolute Gasteiger partial charge is 0.494 e. The normalized spacial score (nSPS) is 9.89. The number of Topliss-reactive ketones (excluding diaryl/α,β-unsaturated/α-hetero) is 1. The summed E-state index contributed by atoms with van der Waals surface area (Å²) in [4.78, 5) is 21.8. The fraction of sp³-hybridized carbons (Fsp3) is 0.385. The van der Waals surface area contributed by atoms with E-state index in [2.05, 4.69) is 5.43 Å². The van der Waals surface area contributed by atoms with E-state index >= 15 is 0 Å². The Bertz CT molecular complexity index is 401. The van der Waals surface area contributed by atoms with Crippen LogP contribution in [0.15, 0.2) is 24.3 Å². The lowest BCUT2D eigenvalue weighted by molar-refractivity contribution is -0.121. The van der Waals surface area contributed by atoms with Crippen molar-refractivity contribution in [2.75, 3.05) is 6.61 Å². The van der Waals surface area contributed by atoms with Gasteiger partial charge >= 0.3 is 0 Å². The van der Waals surface area contributed by atoms with Crippen LogP contribution in [0.3, 0.4) is 0 Å². The molecule has 5 nitrogen and oxygen atoms in total. The minimum Gasteiger partial charge on any atom is -0.494 e. The van der Waals surface area contributed by atoms with Gasteiger partial charge in [-0.25, -0.2) is 5.84 Å². The molecule has 0 aromatic heterocycles. The molecular formula is C13H18N2O3. The zero-order valence-corrected chi connectivity index (χ0v) is 10.4. The number of ketones is 1. The summed E-state index contributed by atoms with van der Waals surface area (Å²) in [5.41, 5.74) is 3.03. The maximum absolute atomic E-state index is 10.9. The van der Waals surface area contributed by atoms with Crippen molar-refractivity contribution >= 4 is 11.7 Å². The van der Waals surface area contributed by atoms with Crippen LogP contribution in [0, 0.1) is 0 Å². The Morgan fingerprint density at radius 2 is 1.94 bits per heavy atom. The molecule has 0 atom stereocenters. The van der Waals surface area contributed by atoms with E-state index in [4.69, 9.17) is 10.6 Å². The molecule has 3 N–H and O–H groups in total. The number of benzene rings is 1. The van der Waals surface area contributed by atoms with E-state index in [1.165, 1.54) is 0 Å². The molecule has 0 saturated carbocycles. The van der Waals surface area contributed by atoms with Crippen molar-refractivity contribution in [3.8, 4) is 5.75 Å². The Hall–Kier alpha value is -1.88. The first kappa shape index (κ1) is 14.2. The number of amides is 1. The summed E-state index contributed by atoms with van der Waals surface area (Å²) in [6.07, 6.45) is 1.40. The summed E-state index contributed by atoms with van der Waals surface area (Å²) in [7, 11) is 0. The molecule has 0 bridgehead atoms. The monoisotopic (exact) mass is 250 g/mol. The highest BCUT2D eigenvalue weighted by Crippen LogP contribution is 2.13. The number of nitrogens with one attached hydrogen (secondary N) is 1. The van der Waals surface area contributed by atoms with E-state index in [-0.39, 0.29) is 11.7 Å². The molecule has 0 saturated heterocycles. The minimum atomic E-state index is -0.199. The third-order valence-electron chi connectivity index (χ3n) is 2.35. The molecule has 5 heteroatoms. The van der Waals surface area contributed by atoms with Crippen LogP contribution in [0.4, 0.5) is 0 Å². The van der Waals surface area contributed by atoms with E-state index in [0.717, 1.165) is 11.3 Å². The number of rotatable bonds is 7. The van der Waals surface area contributed by atoms with E-state index < -0.39 is 0 Å². The molecule has 1 rings (SSSR count). The maximum Gasteiger partial charge on any atom is 0.234 e. The van der Waals surface area contributed by atoms with E-state index in [1.54, 1.807) is 6.92 Å². The number of hydrazine groups is 1. The lowest BCUT2D eigenvalue weighted by Gasteiger charge is -2.06. The van der Waals surface area contributed by atoms with Crippen molar-refractivity contribution in [3.63, 3.8) is 0 Å². The van der Waals surface area contributed by atoms with Crippen LogP contribution in [0.5, 0.6) is 5.75 Å². The molecule has 18 heavy (non-hydrogen) atoms. The van der Waals surface area contributed by atoms with E-state index in [9.17, 15) is 9.59 Å². The van der Waals surface area contributed by atoms with Crippen LogP contribution in [0.25, 0.3) is 0 Å². The second-order valence-corrected chi connectivity index (χ2v) is 4.04. The van der Waals surface area contributed by atoms with Crippen molar-refractivity contribution in [3.05, 3.63) is 29.8 Å². The first-order chi connectivity index (χ1) is 8.61. The highest BCUT2D eigenvalue weighted by molar-refractivity contribution is 5.78. The van der Waals surface area contributed by atoms with Crippen LogP contribution >= 0.6 is 0 Å². The topological polar surface area (TPSA) is 81.4 Å². The number of hydrogen-bond acceptors (Lipinski definition) is 4. The number of carbonyl (C=O) groups excluding carboxylic acids is 2. The van der Waals surface area contributed by atoms with Crippen molar-refractivity contribution < 1.29 is 14.3 Å². The van der Waals surface area contributed by atoms with Crippen LogP contribution in [-0.4, -0.2) is 18.3 Å². The first-order valence-corrected chi connectivity index (χ1v) is 5.82. The molecule has 1 amide bonds. The Balaban J connectivity index is 2.31. The van der Waals surface area contributed by atoms with Gasteiger partial charge < -0.3 is 4.74 Å². The summed E-state index contributed by atoms with van der Waals surface area (Å²) >= 11 is 0. The molecule has 0 radical (unpaired) electrons. The molecule has 0 fully saturated rings. The smallest absolute Gasteiger partial charge is 0.234 e. The second kappa shape index (κ2) is 7.45. The Kier molecular flexibility index (Phi) is 5.87. The summed E-state index contributed by atoms with van der Waals surface area (Å²) < 4.78 is 5.46. The van der Waals surface area contributed by atoms with Crippen LogP contribution in [0.1, 0.15) is 25.3 Å². The maximum atomic E-state index is 10.9. The van der Waals surface area contributed by atoms with Gasteiger partial charge in [0.2, 0.25) is 5.91 Å². The lowest BCUT2D eigenvalue weighted by Crippen LogP contribution is -2.29. The number of hydrogen-bond donors (Lipinski definition) is 2. The lowest BCUT2D eigenvalue weighted by atomic mass is 10.1. The fourth-order valence-electron chi connectivity index (χ4n) is 1.49. The Labute approximate surface area is 106 Å². The van der Waals surface area contributed by atoms with Gasteiger partial charge in [-0.1, -0.05) is 12.1 Å². The van der Waals surface area contributed by atoms with Crippen molar-refractivity contribution in [1.29, 1.82) is 0 Å². The summed E-state index contributed by atoms with van der Waals surface area (Å²) in [6, 6.07) is 7.37. The molecule has 0 aliphatic heterocycles. The molecule has 0 unspecified atom stereocenters. The Morgan fingerprint density at radius 3 is 2.50 bits per heavy atom. The van der Waals surface area contributed by atoms with Gasteiger partial charge in [0.25, 0.3) is 0 Å². The van der Waals surface area contributed by atoms with Gasteiger partial charge in [-0.15, -0.1) is 0 Å². The van der Waals surface area contributed by atoms with E-state index in [0.29, 0.717) is 25.9 Å². The minimum absolute atomic E-state index is 0.136. The summed E-state index contributed by atoms with van der Waals surface area (Å²) in [5.74, 6) is 5.62. The van der Waals surface area contributed by atoms with Gasteiger partial charge in [0, 0.05) is 12.8 Å². The molecule has 1 aromatic rings. The quantitative estimate of drug-likeness (QED) is 0.327. The number of carbonyl (C=O) groups is 2. The van der Waals surface area contributed by atoms with Gasteiger partial charge in [0.05, 0.1) is 6.61 Å². The van der Waals surface area contributed by atoms with Crippen LogP contribution in [-0.2, 0) is 16.0 Å². The van der Waals surface area contributed by atoms with Gasteiger partial charge in [-0.3, -0.25) is 15.0 Å². The second-order valence-electron chi connectivity index (χ2n) is 4.04. The molecule has 0 spiro atoms. The highest BCUT2D eigenvalue weighted by Gasteiger charge is 2.00. The fourth-order valence-corrected chi connectivity index (χ4v) is 1.49. The van der Waals surface area contributed by atoms with Crippen molar-refractivity contribution in [2.45, 2.75) is 26.2 Å². The number of ether oxygens (including phenoxy) is 1. The average molecular weight is 250 g/mol. The average Bonchev–Trinajstić information content (AvgIpc) is 2.35.